The van der Waals surface area contributed by atoms with E-state index in [0.717, 1.165) is 48.5 Å². The molecule has 186 valence electrons. The second-order valence-corrected chi connectivity index (χ2v) is 10.6. The number of hydrogen-bond acceptors (Lipinski definition) is 8. The molecule has 6 rings (SSSR count). The van der Waals surface area contributed by atoms with E-state index in [1.807, 2.05) is 31.5 Å². The number of anilines is 3. The third-order valence-electron chi connectivity index (χ3n) is 6.81. The summed E-state index contributed by atoms with van der Waals surface area (Å²) in [6.07, 6.45) is 9.82. The standard InChI is InChI=1S/C26H30ClN9/c1-4-36-14-19(27)24(34-36)32-21-11-17(7-8-29-21)23-31-20-13-28-12-18(16-5-6-16)22(20)25(33-23)35-10-9-30-26(2,3)15-35/h7-8,11-14,16,30H,4-6,9-10,15H2,1-3H3,(H,29,32,34). The van der Waals surface area contributed by atoms with E-state index in [1.165, 1.54) is 18.4 Å². The lowest BCUT2D eigenvalue weighted by molar-refractivity contribution is 0.352. The molecule has 1 saturated carbocycles. The zero-order valence-corrected chi connectivity index (χ0v) is 21.5. The second-order valence-electron chi connectivity index (χ2n) is 10.2. The van der Waals surface area contributed by atoms with Crippen LogP contribution in [0.1, 0.15) is 45.1 Å². The Morgan fingerprint density at radius 1 is 1.22 bits per heavy atom. The molecule has 10 heteroatoms. The molecule has 5 heterocycles. The number of hydrogen-bond donors (Lipinski definition) is 2. The molecule has 0 aromatic carbocycles. The van der Waals surface area contributed by atoms with Gasteiger partial charge in [0.25, 0.3) is 0 Å². The number of pyridine rings is 2. The molecule has 1 saturated heterocycles. The zero-order valence-electron chi connectivity index (χ0n) is 20.8. The van der Waals surface area contributed by atoms with Crippen LogP contribution in [0.3, 0.4) is 0 Å². The van der Waals surface area contributed by atoms with Crippen LogP contribution in [-0.2, 0) is 6.54 Å². The molecule has 0 bridgehead atoms. The summed E-state index contributed by atoms with van der Waals surface area (Å²) in [5.41, 5.74) is 3.01. The van der Waals surface area contributed by atoms with Gasteiger partial charge in [-0.25, -0.2) is 15.0 Å². The minimum Gasteiger partial charge on any atom is -0.353 e. The highest BCUT2D eigenvalue weighted by atomic mass is 35.5. The molecule has 1 aliphatic carbocycles. The van der Waals surface area contributed by atoms with Crippen molar-refractivity contribution in [1.29, 1.82) is 0 Å². The summed E-state index contributed by atoms with van der Waals surface area (Å²) >= 11 is 6.36. The minimum absolute atomic E-state index is 0.00260. The average molecular weight is 504 g/mol. The molecule has 0 amide bonds. The first-order valence-corrected chi connectivity index (χ1v) is 12.9. The maximum absolute atomic E-state index is 6.36. The van der Waals surface area contributed by atoms with E-state index in [-0.39, 0.29) is 5.54 Å². The van der Waals surface area contributed by atoms with E-state index >= 15 is 0 Å². The van der Waals surface area contributed by atoms with Crippen LogP contribution < -0.4 is 15.5 Å². The minimum atomic E-state index is -0.00260. The van der Waals surface area contributed by atoms with Crippen LogP contribution in [0.5, 0.6) is 0 Å². The van der Waals surface area contributed by atoms with Gasteiger partial charge < -0.3 is 15.5 Å². The van der Waals surface area contributed by atoms with E-state index in [0.29, 0.717) is 28.4 Å². The van der Waals surface area contributed by atoms with Gasteiger partial charge in [0.2, 0.25) is 0 Å². The maximum Gasteiger partial charge on any atom is 0.172 e. The number of piperazine rings is 1. The number of nitrogens with one attached hydrogen (secondary N) is 2. The normalized spacial score (nSPS) is 17.5. The van der Waals surface area contributed by atoms with Crippen LogP contribution in [0.2, 0.25) is 5.02 Å². The van der Waals surface area contributed by atoms with E-state index < -0.39 is 0 Å². The fourth-order valence-corrected chi connectivity index (χ4v) is 5.07. The monoisotopic (exact) mass is 503 g/mol. The Balaban J connectivity index is 1.43. The Morgan fingerprint density at radius 2 is 2.08 bits per heavy atom. The number of aryl methyl sites for hydroxylation is 1. The highest BCUT2D eigenvalue weighted by Gasteiger charge is 2.32. The Kier molecular flexibility index (Phi) is 5.76. The van der Waals surface area contributed by atoms with Crippen LogP contribution >= 0.6 is 11.6 Å². The summed E-state index contributed by atoms with van der Waals surface area (Å²) in [6.45, 7) is 9.89. The molecular weight excluding hydrogens is 474 g/mol. The molecule has 36 heavy (non-hydrogen) atoms. The quantitative estimate of drug-likeness (QED) is 0.388. The van der Waals surface area contributed by atoms with Crippen molar-refractivity contribution in [2.24, 2.45) is 0 Å². The summed E-state index contributed by atoms with van der Waals surface area (Å²) in [6, 6.07) is 3.87. The molecule has 9 nitrogen and oxygen atoms in total. The van der Waals surface area contributed by atoms with Gasteiger partial charge in [0.1, 0.15) is 16.7 Å². The lowest BCUT2D eigenvalue weighted by atomic mass is 10.0. The molecule has 0 unspecified atom stereocenters. The van der Waals surface area contributed by atoms with Gasteiger partial charge in [-0.1, -0.05) is 11.6 Å². The Hall–Kier alpha value is -3.30. The largest absolute Gasteiger partial charge is 0.353 e. The first kappa shape index (κ1) is 23.1. The van der Waals surface area contributed by atoms with E-state index in [1.54, 1.807) is 17.1 Å². The predicted molar refractivity (Wildman–Crippen MR) is 143 cm³/mol. The maximum atomic E-state index is 6.36. The van der Waals surface area contributed by atoms with Gasteiger partial charge in [-0.3, -0.25) is 9.67 Å². The molecule has 0 spiro atoms. The topological polar surface area (TPSA) is 96.7 Å². The fraction of sp³-hybridized carbons (Fsp3) is 0.423. The van der Waals surface area contributed by atoms with Crippen molar-refractivity contribution < 1.29 is 0 Å². The lowest BCUT2D eigenvalue weighted by Crippen LogP contribution is -2.57. The van der Waals surface area contributed by atoms with Gasteiger partial charge in [0, 0.05) is 61.3 Å². The van der Waals surface area contributed by atoms with Crippen LogP contribution in [-0.4, -0.2) is 54.9 Å². The van der Waals surface area contributed by atoms with Gasteiger partial charge in [0.15, 0.2) is 11.6 Å². The van der Waals surface area contributed by atoms with Crippen molar-refractivity contribution in [2.75, 3.05) is 29.9 Å². The van der Waals surface area contributed by atoms with Crippen LogP contribution in [0.15, 0.2) is 36.9 Å². The van der Waals surface area contributed by atoms with Crippen LogP contribution in [0, 0.1) is 0 Å². The van der Waals surface area contributed by atoms with Crippen molar-refractivity contribution in [3.63, 3.8) is 0 Å². The summed E-state index contributed by atoms with van der Waals surface area (Å²) in [7, 11) is 0. The molecule has 1 aliphatic heterocycles. The van der Waals surface area contributed by atoms with Gasteiger partial charge in [-0.2, -0.15) is 5.10 Å². The van der Waals surface area contributed by atoms with E-state index in [2.05, 4.69) is 44.4 Å². The first-order valence-electron chi connectivity index (χ1n) is 12.5. The SMILES string of the molecule is CCn1cc(Cl)c(Nc2cc(-c3nc(N4CCNC(C)(C)C4)c4c(C5CC5)cncc4n3)ccn2)n1. The molecular formula is C26H30ClN9. The van der Waals surface area contributed by atoms with Crippen LogP contribution in [0.25, 0.3) is 22.3 Å². The highest BCUT2D eigenvalue weighted by molar-refractivity contribution is 6.33. The Morgan fingerprint density at radius 3 is 2.83 bits per heavy atom. The molecule has 0 radical (unpaired) electrons. The predicted octanol–water partition coefficient (Wildman–Crippen LogP) is 4.77. The Bertz CT molecular complexity index is 1430. The van der Waals surface area contributed by atoms with E-state index in [9.17, 15) is 0 Å². The molecule has 2 N–H and O–H groups in total. The smallest absolute Gasteiger partial charge is 0.172 e. The fourth-order valence-electron chi connectivity index (χ4n) is 4.88. The number of fused-ring (bicyclic) bond motifs is 1. The molecule has 2 aliphatic rings. The van der Waals surface area contributed by atoms with Crippen molar-refractivity contribution in [3.8, 4) is 11.4 Å². The van der Waals surface area contributed by atoms with Crippen LogP contribution in [0.4, 0.5) is 17.5 Å². The highest BCUT2D eigenvalue weighted by Crippen LogP contribution is 2.45. The third-order valence-corrected chi connectivity index (χ3v) is 7.09. The zero-order chi connectivity index (χ0) is 24.9. The van der Waals surface area contributed by atoms with Gasteiger partial charge >= 0.3 is 0 Å². The molecule has 4 aromatic rings. The first-order chi connectivity index (χ1) is 17.4. The summed E-state index contributed by atoms with van der Waals surface area (Å²) in [5, 5.41) is 13.0. The van der Waals surface area contributed by atoms with Crippen molar-refractivity contribution in [3.05, 3.63) is 47.5 Å². The number of aromatic nitrogens is 6. The molecule has 0 atom stereocenters. The van der Waals surface area contributed by atoms with Crippen molar-refractivity contribution >= 4 is 40.0 Å². The second kappa shape index (κ2) is 8.97. The average Bonchev–Trinajstić information content (AvgIpc) is 3.66. The lowest BCUT2D eigenvalue weighted by Gasteiger charge is -2.40. The molecule has 4 aromatic heterocycles. The van der Waals surface area contributed by atoms with Gasteiger partial charge in [-0.15, -0.1) is 0 Å². The summed E-state index contributed by atoms with van der Waals surface area (Å²) in [4.78, 5) is 21.6. The van der Waals surface area contributed by atoms with Gasteiger partial charge in [-0.05, 0) is 57.2 Å². The van der Waals surface area contributed by atoms with Crippen molar-refractivity contribution in [1.82, 2.24) is 35.0 Å². The summed E-state index contributed by atoms with van der Waals surface area (Å²) < 4.78 is 1.78. The number of rotatable bonds is 6. The van der Waals surface area contributed by atoms with Gasteiger partial charge in [0.05, 0.1) is 11.7 Å². The third kappa shape index (κ3) is 4.49. The Labute approximate surface area is 215 Å². The van der Waals surface area contributed by atoms with Crippen molar-refractivity contribution in [2.45, 2.75) is 51.6 Å². The number of halogens is 1. The number of nitrogens with zero attached hydrogens (tertiary/aromatic N) is 7. The van der Waals surface area contributed by atoms with E-state index in [4.69, 9.17) is 21.6 Å². The summed E-state index contributed by atoms with van der Waals surface area (Å²) in [5.74, 6) is 3.40. The molecule has 2 fully saturated rings.